The van der Waals surface area contributed by atoms with Crippen molar-refractivity contribution in [2.75, 3.05) is 52.4 Å². The number of carbonyl (C=O) groups excluding carboxylic acids is 13. The van der Waals surface area contributed by atoms with E-state index in [1.54, 1.807) is 61.5 Å². The molecule has 99 heavy (non-hydrogen) atoms. The Morgan fingerprint density at radius 2 is 0.838 bits per heavy atom. The van der Waals surface area contributed by atoms with Crippen LogP contribution in [0.4, 0.5) is 0 Å². The Morgan fingerprint density at radius 3 is 1.32 bits per heavy atom. The molecule has 0 aliphatic rings. The third-order valence-electron chi connectivity index (χ3n) is 15.1. The van der Waals surface area contributed by atoms with E-state index in [2.05, 4.69) is 73.8 Å². The normalized spacial score (nSPS) is 14.5. The van der Waals surface area contributed by atoms with Gasteiger partial charge in [0.25, 0.3) is 0 Å². The second-order valence-electron chi connectivity index (χ2n) is 23.4. The fourth-order valence-corrected chi connectivity index (χ4v) is 9.44. The summed E-state index contributed by atoms with van der Waals surface area (Å²) in [7, 11) is 0. The predicted molar refractivity (Wildman–Crippen MR) is 364 cm³/mol. The molecule has 0 aliphatic heterocycles. The zero-order chi connectivity index (χ0) is 74.1. The number of aliphatic hydroxyl groups is 2. The molecule has 0 unspecified atom stereocenters. The van der Waals surface area contributed by atoms with Crippen LogP contribution in [-0.4, -0.2) is 218 Å². The van der Waals surface area contributed by atoms with Crippen LogP contribution in [0.3, 0.4) is 0 Å². The highest BCUT2D eigenvalue weighted by Crippen LogP contribution is 2.20. The molecule has 0 saturated carbocycles. The molecule has 0 bridgehead atoms. The fraction of sp³-hybridized carbons (Fsp3) is 0.565. The standard InChI is InChI=1S/C62H102N22O15/c1-34(39-19-9-6-10-20-39)49(83-48(89)31-73-46(87)30-74-54(93)40(65)29-38-17-7-5-8-18-38)60(99)84-50(37(4)86)59(98)75-32-47(88)76-35(2)52(91)79-44(24-16-28-72-62(69)70)56(95)81-42(22-12-14-26-64)57(96)82-45(33-85)58(97)77-36(3)53(92)80-43(23-15-27-71-61(67)68)55(94)78-41(51(66)90)21-11-13-25-63/h5-10,17-20,34-37,40-45,49-50,85-86H,11-16,21-33,63-65H2,1-4H3,(H2,66,90)(H,73,87)(H,74,93)(H,75,98)(H,76,88)(H,77,97)(H,78,94)(H,79,91)(H,80,92)(H,81,95)(H,82,96)(H,83,89)(H,84,99)(H4,67,68,71)(H4,69,70,72)/t34-,35-,36-,37+,40-,41-,42-,43-,44-,45-,49-,50-/m0/s1. The van der Waals surface area contributed by atoms with Crippen molar-refractivity contribution in [2.24, 2.45) is 55.9 Å². The largest absolute Gasteiger partial charge is 0.394 e. The van der Waals surface area contributed by atoms with E-state index >= 15 is 0 Å². The zero-order valence-electron chi connectivity index (χ0n) is 56.4. The van der Waals surface area contributed by atoms with E-state index in [1.807, 2.05) is 6.07 Å². The number of aliphatic imine (C=N–C) groups is 2. The van der Waals surface area contributed by atoms with Gasteiger partial charge < -0.3 is 120 Å². The van der Waals surface area contributed by atoms with Crippen LogP contribution in [0, 0.1) is 0 Å². The summed E-state index contributed by atoms with van der Waals surface area (Å²) in [6.45, 7) is 2.81. The molecule has 0 radical (unpaired) electrons. The van der Waals surface area contributed by atoms with Gasteiger partial charge in [-0.1, -0.05) is 67.6 Å². The van der Waals surface area contributed by atoms with Crippen LogP contribution >= 0.6 is 0 Å². The highest BCUT2D eigenvalue weighted by atomic mass is 16.3. The van der Waals surface area contributed by atoms with Crippen molar-refractivity contribution >= 4 is 88.7 Å². The molecule has 0 saturated heterocycles. The predicted octanol–water partition coefficient (Wildman–Crippen LogP) is -8.66. The third-order valence-corrected chi connectivity index (χ3v) is 15.1. The average molecular weight is 1400 g/mol. The molecular formula is C62H102N22O15. The van der Waals surface area contributed by atoms with Crippen molar-refractivity contribution in [1.29, 1.82) is 0 Å². The van der Waals surface area contributed by atoms with E-state index in [9.17, 15) is 72.5 Å². The van der Waals surface area contributed by atoms with Gasteiger partial charge in [-0.05, 0) is 116 Å². The van der Waals surface area contributed by atoms with Crippen molar-refractivity contribution in [1.82, 2.24) is 63.8 Å². The molecule has 2 aromatic rings. The fourth-order valence-electron chi connectivity index (χ4n) is 9.44. The van der Waals surface area contributed by atoms with Crippen molar-refractivity contribution < 1.29 is 72.5 Å². The Balaban J connectivity index is 2.20. The number of unbranched alkanes of at least 4 members (excludes halogenated alkanes) is 2. The van der Waals surface area contributed by atoms with E-state index < -0.39 is 175 Å². The van der Waals surface area contributed by atoms with Gasteiger partial charge in [0, 0.05) is 19.0 Å². The number of carbonyl (C=O) groups is 13. The molecule has 30 N–H and O–H groups in total. The number of nitrogens with two attached hydrogens (primary N) is 8. The van der Waals surface area contributed by atoms with Crippen LogP contribution in [0.1, 0.15) is 109 Å². The van der Waals surface area contributed by atoms with Crippen molar-refractivity contribution in [3.8, 4) is 0 Å². The number of nitrogens with one attached hydrogen (secondary N) is 12. The minimum Gasteiger partial charge on any atom is -0.394 e. The molecular weight excluding hydrogens is 1290 g/mol. The second kappa shape index (κ2) is 46.2. The quantitative estimate of drug-likeness (QED) is 0.0166. The monoisotopic (exact) mass is 1390 g/mol. The van der Waals surface area contributed by atoms with Gasteiger partial charge in [-0.15, -0.1) is 0 Å². The summed E-state index contributed by atoms with van der Waals surface area (Å²) in [5.41, 5.74) is 46.0. The number of nitrogens with zero attached hydrogens (tertiary/aromatic N) is 2. The number of guanidine groups is 2. The molecule has 0 heterocycles. The Kier molecular flexibility index (Phi) is 39.6. The first kappa shape index (κ1) is 85.0. The minimum atomic E-state index is -1.73. The van der Waals surface area contributed by atoms with Crippen LogP contribution in [-0.2, 0) is 68.7 Å². The van der Waals surface area contributed by atoms with Gasteiger partial charge in [0.15, 0.2) is 11.9 Å². The molecule has 0 aliphatic carbocycles. The van der Waals surface area contributed by atoms with Crippen LogP contribution in [0.2, 0.25) is 0 Å². The highest BCUT2D eigenvalue weighted by Gasteiger charge is 2.36. The van der Waals surface area contributed by atoms with E-state index in [1.165, 1.54) is 20.8 Å². The number of primary amides is 1. The molecule has 2 aromatic carbocycles. The molecule has 0 spiro atoms. The smallest absolute Gasteiger partial charge is 0.245 e. The lowest BCUT2D eigenvalue weighted by molar-refractivity contribution is -0.136. The molecule has 0 fully saturated rings. The first-order valence-electron chi connectivity index (χ1n) is 32.4. The van der Waals surface area contributed by atoms with Gasteiger partial charge in [-0.3, -0.25) is 72.3 Å². The van der Waals surface area contributed by atoms with Gasteiger partial charge in [-0.2, -0.15) is 0 Å². The van der Waals surface area contributed by atoms with Gasteiger partial charge >= 0.3 is 0 Å². The lowest BCUT2D eigenvalue weighted by Crippen LogP contribution is -2.60. The number of hydrogen-bond donors (Lipinski definition) is 22. The van der Waals surface area contributed by atoms with Crippen molar-refractivity contribution in [2.45, 2.75) is 171 Å². The molecule has 2 rings (SSSR count). The highest BCUT2D eigenvalue weighted by molar-refractivity contribution is 5.99. The lowest BCUT2D eigenvalue weighted by Gasteiger charge is -2.28. The SMILES string of the molecule is C[C@H](NC(=O)CNC(=O)[C@@H](NC(=O)[C@@H](NC(=O)CNC(=O)CNC(=O)[C@@H](N)Cc1ccccc1)[C@@H](C)c1ccccc1)[C@@H](C)O)C(=O)N[C@@H](CCCN=C(N)N)C(=O)N[C@@H](CCCCN)C(=O)N[C@@H](CO)C(=O)N[C@@H](C)C(=O)N[C@@H](CCCN=C(N)N)C(=O)N[C@@H](CCCCN)C(N)=O. The number of amides is 13. The van der Waals surface area contributed by atoms with E-state index in [0.717, 1.165) is 5.56 Å². The van der Waals surface area contributed by atoms with E-state index in [4.69, 9.17) is 45.9 Å². The van der Waals surface area contributed by atoms with Crippen molar-refractivity contribution in [3.05, 3.63) is 71.8 Å². The molecule has 13 amide bonds. The maximum atomic E-state index is 14.1. The Morgan fingerprint density at radius 1 is 0.424 bits per heavy atom. The van der Waals surface area contributed by atoms with Gasteiger partial charge in [0.05, 0.1) is 38.4 Å². The first-order chi connectivity index (χ1) is 46.9. The van der Waals surface area contributed by atoms with Crippen molar-refractivity contribution in [3.63, 3.8) is 0 Å². The average Bonchev–Trinajstić information content (AvgIpc) is 0.848. The Bertz CT molecular complexity index is 3030. The summed E-state index contributed by atoms with van der Waals surface area (Å²) < 4.78 is 0. The number of benzene rings is 2. The Hall–Kier alpha value is -10.1. The molecule has 37 nitrogen and oxygen atoms in total. The minimum absolute atomic E-state index is 0.0259. The summed E-state index contributed by atoms with van der Waals surface area (Å²) in [6, 6.07) is 3.44. The maximum absolute atomic E-state index is 14.1. The second-order valence-corrected chi connectivity index (χ2v) is 23.4. The number of hydrogen-bond acceptors (Lipinski definition) is 20. The third kappa shape index (κ3) is 33.6. The van der Waals surface area contributed by atoms with Crippen LogP contribution in [0.25, 0.3) is 0 Å². The maximum Gasteiger partial charge on any atom is 0.245 e. The molecule has 12 atom stereocenters. The summed E-state index contributed by atoms with van der Waals surface area (Å²) in [6.07, 6.45) is 0.351. The summed E-state index contributed by atoms with van der Waals surface area (Å²) in [4.78, 5) is 182. The molecule has 37 heteroatoms. The van der Waals surface area contributed by atoms with Crippen LogP contribution in [0.5, 0.6) is 0 Å². The lowest BCUT2D eigenvalue weighted by atomic mass is 9.92. The van der Waals surface area contributed by atoms with Crippen LogP contribution < -0.4 is 110 Å². The van der Waals surface area contributed by atoms with Gasteiger partial charge in [0.1, 0.15) is 54.4 Å². The zero-order valence-corrected chi connectivity index (χ0v) is 56.4. The number of aliphatic hydroxyl groups excluding tert-OH is 2. The molecule has 0 aromatic heterocycles. The molecule has 550 valence electrons. The topological polar surface area (TPSA) is 640 Å². The summed E-state index contributed by atoms with van der Waals surface area (Å²) >= 11 is 0. The van der Waals surface area contributed by atoms with Gasteiger partial charge in [-0.25, -0.2) is 0 Å². The number of rotatable bonds is 47. The summed E-state index contributed by atoms with van der Waals surface area (Å²) in [5, 5.41) is 50.3. The van der Waals surface area contributed by atoms with Crippen LogP contribution in [0.15, 0.2) is 70.6 Å². The van der Waals surface area contributed by atoms with E-state index in [0.29, 0.717) is 31.4 Å². The Labute approximate surface area is 574 Å². The van der Waals surface area contributed by atoms with E-state index in [-0.39, 0.29) is 82.9 Å². The summed E-state index contributed by atoms with van der Waals surface area (Å²) in [5.74, 6) is -12.9. The van der Waals surface area contributed by atoms with Gasteiger partial charge in [0.2, 0.25) is 76.8 Å². The first-order valence-corrected chi connectivity index (χ1v) is 32.4.